The molecule has 3 rings (SSSR count). The summed E-state index contributed by atoms with van der Waals surface area (Å²) in [6.07, 6.45) is 3.44. The molecule has 1 aliphatic heterocycles. The molecule has 1 fully saturated rings. The molecule has 126 valence electrons. The normalized spacial score (nSPS) is 16.6. The Morgan fingerprint density at radius 1 is 1.33 bits per heavy atom. The zero-order valence-electron chi connectivity index (χ0n) is 13.3. The molecule has 1 amide bonds. The summed E-state index contributed by atoms with van der Waals surface area (Å²) in [6.45, 7) is 0.400. The van der Waals surface area contributed by atoms with Gasteiger partial charge in [-0.15, -0.1) is 11.8 Å². The van der Waals surface area contributed by atoms with Crippen molar-refractivity contribution < 1.29 is 14.3 Å². The first-order valence-electron chi connectivity index (χ1n) is 7.58. The Bertz CT molecular complexity index is 691. The van der Waals surface area contributed by atoms with Gasteiger partial charge in [-0.2, -0.15) is 0 Å². The van der Waals surface area contributed by atoms with E-state index >= 15 is 0 Å². The number of anilines is 1. The first kappa shape index (κ1) is 16.6. The Morgan fingerprint density at radius 3 is 2.88 bits per heavy atom. The summed E-state index contributed by atoms with van der Waals surface area (Å²) < 4.78 is 11.2. The van der Waals surface area contributed by atoms with Gasteiger partial charge in [0.15, 0.2) is 11.5 Å². The molecular formula is C17H19N3O3S. The number of pyridine rings is 1. The number of hydrogen-bond acceptors (Lipinski definition) is 6. The zero-order valence-corrected chi connectivity index (χ0v) is 14.1. The molecule has 2 aromatic rings. The Kier molecular flexibility index (Phi) is 5.55. The van der Waals surface area contributed by atoms with Crippen molar-refractivity contribution in [2.75, 3.05) is 24.1 Å². The lowest BCUT2D eigenvalue weighted by Crippen LogP contribution is -2.37. The number of aromatic nitrogens is 1. The molecular weight excluding hydrogens is 326 g/mol. The van der Waals surface area contributed by atoms with E-state index in [0.717, 1.165) is 17.2 Å². The fourth-order valence-electron chi connectivity index (χ4n) is 2.30. The molecule has 1 aromatic heterocycles. The fourth-order valence-corrected chi connectivity index (χ4v) is 3.24. The van der Waals surface area contributed by atoms with Crippen LogP contribution in [-0.2, 0) is 11.4 Å². The van der Waals surface area contributed by atoms with Gasteiger partial charge >= 0.3 is 0 Å². The van der Waals surface area contributed by atoms with E-state index in [2.05, 4.69) is 15.6 Å². The van der Waals surface area contributed by atoms with Crippen LogP contribution in [0.4, 0.5) is 5.69 Å². The molecule has 0 radical (unpaired) electrons. The summed E-state index contributed by atoms with van der Waals surface area (Å²) >= 11 is 1.71. The standard InChI is InChI=1S/C17H19N3O3S/c1-22-15-3-2-13(20-17(21)14-10-24-11-19-14)8-16(15)23-9-12-4-6-18-7-5-12/h2-8,14,19H,9-11H2,1H3,(H,20,21). The summed E-state index contributed by atoms with van der Waals surface area (Å²) in [5.74, 6) is 2.76. The number of amides is 1. The van der Waals surface area contributed by atoms with Gasteiger partial charge in [-0.05, 0) is 29.8 Å². The highest BCUT2D eigenvalue weighted by molar-refractivity contribution is 7.99. The number of nitrogens with zero attached hydrogens (tertiary/aromatic N) is 1. The van der Waals surface area contributed by atoms with Crippen molar-refractivity contribution in [1.82, 2.24) is 10.3 Å². The number of hydrogen-bond donors (Lipinski definition) is 2. The first-order valence-corrected chi connectivity index (χ1v) is 8.73. The van der Waals surface area contributed by atoms with E-state index < -0.39 is 0 Å². The average molecular weight is 345 g/mol. The number of thioether (sulfide) groups is 1. The lowest BCUT2D eigenvalue weighted by Gasteiger charge is -2.14. The number of benzene rings is 1. The van der Waals surface area contributed by atoms with Crippen LogP contribution >= 0.6 is 11.8 Å². The Labute approximate surface area is 145 Å². The lowest BCUT2D eigenvalue weighted by molar-refractivity contribution is -0.117. The van der Waals surface area contributed by atoms with E-state index in [4.69, 9.17) is 9.47 Å². The van der Waals surface area contributed by atoms with E-state index in [0.29, 0.717) is 23.8 Å². The summed E-state index contributed by atoms with van der Waals surface area (Å²) in [7, 11) is 1.59. The van der Waals surface area contributed by atoms with E-state index in [1.165, 1.54) is 0 Å². The van der Waals surface area contributed by atoms with Gasteiger partial charge in [0.25, 0.3) is 0 Å². The van der Waals surface area contributed by atoms with Gasteiger partial charge in [0.05, 0.1) is 13.2 Å². The highest BCUT2D eigenvalue weighted by atomic mass is 32.2. The van der Waals surface area contributed by atoms with Crippen molar-refractivity contribution in [3.8, 4) is 11.5 Å². The second-order valence-electron chi connectivity index (χ2n) is 5.27. The summed E-state index contributed by atoms with van der Waals surface area (Å²) in [5, 5.41) is 6.06. The smallest absolute Gasteiger partial charge is 0.242 e. The highest BCUT2D eigenvalue weighted by Gasteiger charge is 2.22. The molecule has 1 atom stereocenters. The molecule has 0 saturated carbocycles. The quantitative estimate of drug-likeness (QED) is 0.837. The Hall–Kier alpha value is -2.25. The number of nitrogens with one attached hydrogen (secondary N) is 2. The van der Waals surface area contributed by atoms with Crippen molar-refractivity contribution in [3.63, 3.8) is 0 Å². The monoisotopic (exact) mass is 345 g/mol. The molecule has 0 bridgehead atoms. The van der Waals surface area contributed by atoms with Crippen LogP contribution in [0.2, 0.25) is 0 Å². The molecule has 1 aliphatic rings. The van der Waals surface area contributed by atoms with E-state index in [1.54, 1.807) is 49.5 Å². The maximum atomic E-state index is 12.2. The van der Waals surface area contributed by atoms with Crippen LogP contribution in [-0.4, -0.2) is 35.7 Å². The maximum absolute atomic E-state index is 12.2. The summed E-state index contributed by atoms with van der Waals surface area (Å²) in [5.41, 5.74) is 1.69. The fraction of sp³-hybridized carbons (Fsp3) is 0.294. The third kappa shape index (κ3) is 4.18. The zero-order chi connectivity index (χ0) is 16.8. The minimum Gasteiger partial charge on any atom is -0.493 e. The number of ether oxygens (including phenoxy) is 2. The predicted octanol–water partition coefficient (Wildman–Crippen LogP) is 2.27. The van der Waals surface area contributed by atoms with E-state index in [-0.39, 0.29) is 11.9 Å². The van der Waals surface area contributed by atoms with Crippen molar-refractivity contribution in [1.29, 1.82) is 0 Å². The van der Waals surface area contributed by atoms with Crippen LogP contribution in [0.25, 0.3) is 0 Å². The first-order chi connectivity index (χ1) is 11.8. The van der Waals surface area contributed by atoms with E-state index in [1.807, 2.05) is 12.1 Å². The molecule has 6 nitrogen and oxygen atoms in total. The minimum atomic E-state index is -0.154. The van der Waals surface area contributed by atoms with Crippen molar-refractivity contribution in [2.24, 2.45) is 0 Å². The third-order valence-electron chi connectivity index (χ3n) is 3.61. The van der Waals surface area contributed by atoms with Gasteiger partial charge in [-0.1, -0.05) is 0 Å². The summed E-state index contributed by atoms with van der Waals surface area (Å²) in [4.78, 5) is 16.2. The number of carbonyl (C=O) groups is 1. The van der Waals surface area contributed by atoms with Gasteiger partial charge < -0.3 is 14.8 Å². The lowest BCUT2D eigenvalue weighted by atomic mass is 10.2. The molecule has 7 heteroatoms. The van der Waals surface area contributed by atoms with Crippen LogP contribution < -0.4 is 20.1 Å². The van der Waals surface area contributed by atoms with E-state index in [9.17, 15) is 4.79 Å². The molecule has 1 unspecified atom stereocenters. The Morgan fingerprint density at radius 2 is 2.17 bits per heavy atom. The average Bonchev–Trinajstić information content (AvgIpc) is 3.16. The largest absolute Gasteiger partial charge is 0.493 e. The molecule has 1 saturated heterocycles. The molecule has 2 heterocycles. The van der Waals surface area contributed by atoms with Crippen LogP contribution in [0.1, 0.15) is 5.56 Å². The Balaban J connectivity index is 1.69. The highest BCUT2D eigenvalue weighted by Crippen LogP contribution is 2.31. The van der Waals surface area contributed by atoms with Crippen LogP contribution in [0.15, 0.2) is 42.7 Å². The number of methoxy groups -OCH3 is 1. The molecule has 24 heavy (non-hydrogen) atoms. The topological polar surface area (TPSA) is 72.5 Å². The van der Waals surface area contributed by atoms with Crippen LogP contribution in [0.3, 0.4) is 0 Å². The van der Waals surface area contributed by atoms with Gasteiger partial charge in [-0.25, -0.2) is 0 Å². The number of carbonyl (C=O) groups excluding carboxylic acids is 1. The summed E-state index contributed by atoms with van der Waals surface area (Å²) in [6, 6.07) is 8.99. The van der Waals surface area contributed by atoms with Gasteiger partial charge in [0.2, 0.25) is 5.91 Å². The molecule has 0 spiro atoms. The van der Waals surface area contributed by atoms with Crippen molar-refractivity contribution in [3.05, 3.63) is 48.3 Å². The molecule has 0 aliphatic carbocycles. The van der Waals surface area contributed by atoms with Crippen molar-refractivity contribution in [2.45, 2.75) is 12.6 Å². The second kappa shape index (κ2) is 8.03. The maximum Gasteiger partial charge on any atom is 0.242 e. The second-order valence-corrected chi connectivity index (χ2v) is 6.30. The SMILES string of the molecule is COc1ccc(NC(=O)C2CSCN2)cc1OCc1ccncc1. The predicted molar refractivity (Wildman–Crippen MR) is 94.4 cm³/mol. The third-order valence-corrected chi connectivity index (χ3v) is 4.55. The number of rotatable bonds is 6. The molecule has 2 N–H and O–H groups in total. The molecule has 1 aromatic carbocycles. The van der Waals surface area contributed by atoms with Crippen molar-refractivity contribution >= 4 is 23.4 Å². The van der Waals surface area contributed by atoms with Gasteiger partial charge in [0, 0.05) is 35.8 Å². The van der Waals surface area contributed by atoms with Gasteiger partial charge in [0.1, 0.15) is 6.61 Å². The van der Waals surface area contributed by atoms with Crippen LogP contribution in [0, 0.1) is 0 Å². The van der Waals surface area contributed by atoms with Gasteiger partial charge in [-0.3, -0.25) is 15.1 Å². The minimum absolute atomic E-state index is 0.0368. The van der Waals surface area contributed by atoms with Crippen LogP contribution in [0.5, 0.6) is 11.5 Å².